The van der Waals surface area contributed by atoms with E-state index in [1.165, 1.54) is 0 Å². The number of aliphatic hydroxyl groups excluding tert-OH is 1. The second-order valence-corrected chi connectivity index (χ2v) is 8.59. The van der Waals surface area contributed by atoms with Crippen molar-refractivity contribution in [3.8, 4) is 6.07 Å². The standard InChI is InChI=1S/C24H21F3N6O/c1-3-4-19-15(7-8-20(30-19)14-5-6-14)9-17-13(2)29-22-18(10-28)21(24(25,26)27)31-33(22)23(17)32-11-16(34)12-32/h3-4,7-9,14,16,34H,1,5-6,11-12H2,2H3/b15-9+,19-4+. The molecule has 0 bridgehead atoms. The van der Waals surface area contributed by atoms with Crippen molar-refractivity contribution in [2.24, 2.45) is 0 Å². The Hall–Kier alpha value is -3.71. The van der Waals surface area contributed by atoms with Gasteiger partial charge < -0.3 is 10.0 Å². The summed E-state index contributed by atoms with van der Waals surface area (Å²) in [6, 6.07) is 5.50. The fourth-order valence-electron chi connectivity index (χ4n) is 4.19. The van der Waals surface area contributed by atoms with E-state index in [2.05, 4.69) is 16.7 Å². The first-order valence-corrected chi connectivity index (χ1v) is 10.9. The molecule has 7 nitrogen and oxygen atoms in total. The molecule has 174 valence electrons. The van der Waals surface area contributed by atoms with Crippen molar-refractivity contribution >= 4 is 23.6 Å². The number of rotatable bonds is 4. The number of nitrogens with zero attached hydrogens (tertiary/aromatic N) is 6. The molecule has 1 saturated heterocycles. The molecule has 0 spiro atoms. The maximum atomic E-state index is 13.6. The third-order valence-electron chi connectivity index (χ3n) is 6.06. The van der Waals surface area contributed by atoms with E-state index < -0.39 is 23.5 Å². The number of β-amino-alcohol motifs (C(OH)–C–C–N with tert-alkyl or cyclic N) is 1. The van der Waals surface area contributed by atoms with E-state index >= 15 is 0 Å². The van der Waals surface area contributed by atoms with E-state index in [4.69, 9.17) is 4.98 Å². The highest BCUT2D eigenvalue weighted by Gasteiger charge is 2.40. The average molecular weight is 466 g/mol. The summed E-state index contributed by atoms with van der Waals surface area (Å²) in [4.78, 5) is 10.8. The molecule has 0 radical (unpaired) electrons. The topological polar surface area (TPSA) is 90.3 Å². The Morgan fingerprint density at radius 1 is 1.24 bits per heavy atom. The number of aliphatic hydroxyl groups is 1. The monoisotopic (exact) mass is 466 g/mol. The van der Waals surface area contributed by atoms with Crippen LogP contribution in [-0.4, -0.2) is 43.9 Å². The fraction of sp³-hybridized carbons (Fsp3) is 0.333. The minimum atomic E-state index is -4.81. The van der Waals surface area contributed by atoms with E-state index in [-0.39, 0.29) is 18.7 Å². The van der Waals surface area contributed by atoms with Crippen molar-refractivity contribution in [3.63, 3.8) is 0 Å². The number of hydrogen-bond donors (Lipinski definition) is 1. The van der Waals surface area contributed by atoms with Crippen LogP contribution in [0.1, 0.15) is 47.0 Å². The first-order valence-electron chi connectivity index (χ1n) is 10.9. The Bertz CT molecular complexity index is 1470. The number of fused-ring (bicyclic) bond motifs is 1. The van der Waals surface area contributed by atoms with Crippen molar-refractivity contribution in [2.45, 2.75) is 38.0 Å². The van der Waals surface area contributed by atoms with Gasteiger partial charge in [0, 0.05) is 35.5 Å². The largest absolute Gasteiger partial charge is 0.436 e. The van der Waals surface area contributed by atoms with Gasteiger partial charge in [0.15, 0.2) is 11.3 Å². The van der Waals surface area contributed by atoms with Crippen molar-refractivity contribution in [2.75, 3.05) is 18.0 Å². The van der Waals surface area contributed by atoms with Gasteiger partial charge in [0.25, 0.3) is 0 Å². The number of alkyl halides is 3. The zero-order valence-corrected chi connectivity index (χ0v) is 18.3. The number of allylic oxidation sites excluding steroid dienone is 1. The van der Waals surface area contributed by atoms with Gasteiger partial charge in [-0.05, 0) is 38.0 Å². The highest BCUT2D eigenvalue weighted by molar-refractivity contribution is 5.73. The predicted octanol–water partition coefficient (Wildman–Crippen LogP) is 2.18. The van der Waals surface area contributed by atoms with Gasteiger partial charge in [-0.1, -0.05) is 18.7 Å². The fourth-order valence-corrected chi connectivity index (χ4v) is 4.19. The molecular formula is C24H21F3N6O. The van der Waals surface area contributed by atoms with Gasteiger partial charge in [-0.3, -0.25) is 4.98 Å². The van der Waals surface area contributed by atoms with Crippen molar-refractivity contribution in [1.82, 2.24) is 19.6 Å². The summed E-state index contributed by atoms with van der Waals surface area (Å²) in [5, 5.41) is 24.5. The summed E-state index contributed by atoms with van der Waals surface area (Å²) < 4.78 is 41.9. The number of nitriles is 1. The van der Waals surface area contributed by atoms with Gasteiger partial charge in [-0.15, -0.1) is 0 Å². The minimum Gasteiger partial charge on any atom is -0.389 e. The summed E-state index contributed by atoms with van der Waals surface area (Å²) in [6.07, 6.45) is 2.03. The molecule has 0 aromatic carbocycles. The molecule has 1 aliphatic heterocycles. The second-order valence-electron chi connectivity index (χ2n) is 8.59. The summed E-state index contributed by atoms with van der Waals surface area (Å²) in [7, 11) is 0. The molecule has 3 aromatic rings. The molecular weight excluding hydrogens is 445 g/mol. The first kappa shape index (κ1) is 22.1. The first-order chi connectivity index (χ1) is 16.2. The Balaban J connectivity index is 1.81. The van der Waals surface area contributed by atoms with E-state index in [1.807, 2.05) is 18.2 Å². The lowest BCUT2D eigenvalue weighted by molar-refractivity contribution is -0.141. The van der Waals surface area contributed by atoms with Gasteiger partial charge in [0.1, 0.15) is 17.5 Å². The molecule has 1 aliphatic carbocycles. The van der Waals surface area contributed by atoms with Gasteiger partial charge >= 0.3 is 6.18 Å². The molecule has 2 fully saturated rings. The number of hydrogen-bond acceptors (Lipinski definition) is 6. The summed E-state index contributed by atoms with van der Waals surface area (Å²) in [5.74, 6) is 0.800. The van der Waals surface area contributed by atoms with Crippen molar-refractivity contribution in [1.29, 1.82) is 5.26 Å². The van der Waals surface area contributed by atoms with Crippen LogP contribution in [0.2, 0.25) is 0 Å². The number of aromatic nitrogens is 4. The smallest absolute Gasteiger partial charge is 0.389 e. The summed E-state index contributed by atoms with van der Waals surface area (Å²) in [5.41, 5.74) is -0.0918. The molecule has 4 heterocycles. The zero-order valence-electron chi connectivity index (χ0n) is 18.3. The van der Waals surface area contributed by atoms with Crippen molar-refractivity contribution in [3.05, 3.63) is 63.6 Å². The summed E-state index contributed by atoms with van der Waals surface area (Å²) >= 11 is 0. The maximum Gasteiger partial charge on any atom is 0.436 e. The van der Waals surface area contributed by atoms with E-state index in [0.717, 1.165) is 28.3 Å². The van der Waals surface area contributed by atoms with E-state index in [9.17, 15) is 23.5 Å². The molecule has 10 heteroatoms. The van der Waals surface area contributed by atoms with Crippen LogP contribution < -0.4 is 15.5 Å². The van der Waals surface area contributed by atoms with Crippen LogP contribution in [0, 0.1) is 18.3 Å². The molecule has 1 N–H and O–H groups in total. The van der Waals surface area contributed by atoms with E-state index in [1.54, 1.807) is 30.0 Å². The number of halogens is 3. The highest BCUT2D eigenvalue weighted by Crippen LogP contribution is 2.38. The van der Waals surface area contributed by atoms with Crippen LogP contribution >= 0.6 is 0 Å². The number of anilines is 1. The van der Waals surface area contributed by atoms with Crippen molar-refractivity contribution < 1.29 is 18.3 Å². The SMILES string of the molecule is C=C/C=c1/nc(C2CC2)cc/c1=C\c1c(C)nc2c(C#N)c(C(F)(F)F)nn2c1N1CC(O)C1. The van der Waals surface area contributed by atoms with Crippen LogP contribution in [0.25, 0.3) is 17.8 Å². The lowest BCUT2D eigenvalue weighted by atomic mass is 10.1. The highest BCUT2D eigenvalue weighted by atomic mass is 19.4. The van der Waals surface area contributed by atoms with Gasteiger partial charge in [-0.2, -0.15) is 28.0 Å². The molecule has 3 aromatic heterocycles. The zero-order chi connectivity index (χ0) is 24.2. The Labute approximate surface area is 192 Å². The van der Waals surface area contributed by atoms with Crippen LogP contribution in [0.4, 0.5) is 19.0 Å². The number of aryl methyl sites for hydroxylation is 1. The Morgan fingerprint density at radius 3 is 2.56 bits per heavy atom. The van der Waals surface area contributed by atoms with Crippen LogP contribution in [0.5, 0.6) is 0 Å². The van der Waals surface area contributed by atoms with Crippen LogP contribution in [0.15, 0.2) is 24.8 Å². The van der Waals surface area contributed by atoms with Gasteiger partial charge in [0.05, 0.1) is 17.1 Å². The predicted molar refractivity (Wildman–Crippen MR) is 119 cm³/mol. The van der Waals surface area contributed by atoms with Gasteiger partial charge in [0.2, 0.25) is 0 Å². The Morgan fingerprint density at radius 2 is 1.97 bits per heavy atom. The van der Waals surface area contributed by atoms with E-state index in [0.29, 0.717) is 28.3 Å². The van der Waals surface area contributed by atoms with Crippen LogP contribution in [-0.2, 0) is 6.18 Å². The maximum absolute atomic E-state index is 13.6. The molecule has 1 saturated carbocycles. The summed E-state index contributed by atoms with van der Waals surface area (Å²) in [6.45, 7) is 5.90. The normalized spacial score (nSPS) is 17.8. The average Bonchev–Trinajstić information content (AvgIpc) is 3.54. The lowest BCUT2D eigenvalue weighted by Crippen LogP contribution is -2.52. The molecule has 0 atom stereocenters. The minimum absolute atomic E-state index is 0.166. The quantitative estimate of drug-likeness (QED) is 0.634. The second kappa shape index (κ2) is 7.95. The third-order valence-corrected chi connectivity index (χ3v) is 6.06. The van der Waals surface area contributed by atoms with Crippen LogP contribution in [0.3, 0.4) is 0 Å². The molecule has 0 unspecified atom stereocenters. The third kappa shape index (κ3) is 3.72. The number of pyridine rings is 1. The van der Waals surface area contributed by atoms with Gasteiger partial charge in [-0.25, -0.2) is 4.98 Å². The molecule has 2 aliphatic rings. The Kier molecular flexibility index (Phi) is 5.17. The lowest BCUT2D eigenvalue weighted by Gasteiger charge is -2.38. The molecule has 5 rings (SSSR count). The molecule has 0 amide bonds. The molecule has 34 heavy (non-hydrogen) atoms.